The predicted octanol–water partition coefficient (Wildman–Crippen LogP) is 2.73. The van der Waals surface area contributed by atoms with Crippen LogP contribution in [0.3, 0.4) is 0 Å². The highest BCUT2D eigenvalue weighted by Gasteiger charge is 2.29. The molecular formula is C10H17ClN2O. The van der Waals surface area contributed by atoms with E-state index in [1.807, 2.05) is 20.8 Å². The SMILES string of the molecule is CCC(C)(O)c1c(Cl)cnn1C(C)C. The molecule has 4 heteroatoms. The molecule has 0 fully saturated rings. The Kier molecular flexibility index (Phi) is 3.22. The maximum Gasteiger partial charge on any atom is 0.105 e. The third kappa shape index (κ3) is 1.93. The van der Waals surface area contributed by atoms with Gasteiger partial charge in [0, 0.05) is 6.04 Å². The largest absolute Gasteiger partial charge is 0.384 e. The molecule has 1 aromatic rings. The molecule has 0 saturated heterocycles. The smallest absolute Gasteiger partial charge is 0.105 e. The molecule has 1 atom stereocenters. The molecule has 0 aliphatic heterocycles. The number of aliphatic hydroxyl groups is 1. The zero-order valence-electron chi connectivity index (χ0n) is 9.08. The van der Waals surface area contributed by atoms with E-state index in [2.05, 4.69) is 5.10 Å². The lowest BCUT2D eigenvalue weighted by atomic mass is 9.99. The Balaban J connectivity index is 3.24. The highest BCUT2D eigenvalue weighted by atomic mass is 35.5. The summed E-state index contributed by atoms with van der Waals surface area (Å²) >= 11 is 6.01. The van der Waals surface area contributed by atoms with Crippen LogP contribution in [0, 0.1) is 0 Å². The van der Waals surface area contributed by atoms with Gasteiger partial charge < -0.3 is 5.11 Å². The number of nitrogens with zero attached hydrogens (tertiary/aromatic N) is 2. The quantitative estimate of drug-likeness (QED) is 0.844. The van der Waals surface area contributed by atoms with E-state index in [1.54, 1.807) is 17.8 Å². The van der Waals surface area contributed by atoms with Crippen molar-refractivity contribution in [2.24, 2.45) is 0 Å². The van der Waals surface area contributed by atoms with E-state index in [-0.39, 0.29) is 6.04 Å². The molecule has 1 rings (SSSR count). The lowest BCUT2D eigenvalue weighted by Gasteiger charge is -2.24. The summed E-state index contributed by atoms with van der Waals surface area (Å²) in [6.07, 6.45) is 2.20. The monoisotopic (exact) mass is 216 g/mol. The molecule has 0 aliphatic carbocycles. The Bertz CT molecular complexity index is 318. The first-order valence-electron chi connectivity index (χ1n) is 4.86. The van der Waals surface area contributed by atoms with Gasteiger partial charge in [-0.05, 0) is 27.2 Å². The van der Waals surface area contributed by atoms with Crippen LogP contribution in [0.1, 0.15) is 45.9 Å². The third-order valence-corrected chi connectivity index (χ3v) is 2.72. The lowest BCUT2D eigenvalue weighted by Crippen LogP contribution is -2.25. The maximum atomic E-state index is 10.1. The topological polar surface area (TPSA) is 38.1 Å². The fourth-order valence-electron chi connectivity index (χ4n) is 1.40. The van der Waals surface area contributed by atoms with E-state index < -0.39 is 5.60 Å². The fourth-order valence-corrected chi connectivity index (χ4v) is 1.74. The summed E-state index contributed by atoms with van der Waals surface area (Å²) in [5.74, 6) is 0. The Labute approximate surface area is 89.7 Å². The van der Waals surface area contributed by atoms with Gasteiger partial charge in [0.15, 0.2) is 0 Å². The third-order valence-electron chi connectivity index (χ3n) is 2.44. The van der Waals surface area contributed by atoms with E-state index in [1.165, 1.54) is 0 Å². The van der Waals surface area contributed by atoms with Crippen molar-refractivity contribution in [1.29, 1.82) is 0 Å². The van der Waals surface area contributed by atoms with Crippen molar-refractivity contribution < 1.29 is 5.11 Å². The summed E-state index contributed by atoms with van der Waals surface area (Å²) in [7, 11) is 0. The minimum absolute atomic E-state index is 0.204. The van der Waals surface area contributed by atoms with Crippen LogP contribution in [-0.4, -0.2) is 14.9 Å². The molecule has 0 aromatic carbocycles. The summed E-state index contributed by atoms with van der Waals surface area (Å²) in [4.78, 5) is 0. The summed E-state index contributed by atoms with van der Waals surface area (Å²) in [5, 5.41) is 14.8. The van der Waals surface area contributed by atoms with Crippen LogP contribution in [0.4, 0.5) is 0 Å². The van der Waals surface area contributed by atoms with Crippen molar-refractivity contribution in [2.45, 2.75) is 45.8 Å². The van der Waals surface area contributed by atoms with Gasteiger partial charge >= 0.3 is 0 Å². The second-order valence-corrected chi connectivity index (χ2v) is 4.41. The van der Waals surface area contributed by atoms with Crippen molar-refractivity contribution in [3.63, 3.8) is 0 Å². The molecule has 0 spiro atoms. The average molecular weight is 217 g/mol. The number of halogens is 1. The van der Waals surface area contributed by atoms with Gasteiger partial charge in [0.05, 0.1) is 16.9 Å². The molecule has 1 heterocycles. The average Bonchev–Trinajstić information content (AvgIpc) is 2.47. The second-order valence-electron chi connectivity index (χ2n) is 4.01. The molecule has 0 amide bonds. The van der Waals surface area contributed by atoms with Gasteiger partial charge in [-0.2, -0.15) is 5.10 Å². The van der Waals surface area contributed by atoms with Crippen molar-refractivity contribution in [3.05, 3.63) is 16.9 Å². The minimum atomic E-state index is -0.905. The van der Waals surface area contributed by atoms with Crippen LogP contribution in [0.2, 0.25) is 5.02 Å². The summed E-state index contributed by atoms with van der Waals surface area (Å²) < 4.78 is 1.77. The van der Waals surface area contributed by atoms with Crippen LogP contribution in [0.25, 0.3) is 0 Å². The highest BCUT2D eigenvalue weighted by molar-refractivity contribution is 6.31. The minimum Gasteiger partial charge on any atom is -0.384 e. The Hall–Kier alpha value is -0.540. The van der Waals surface area contributed by atoms with Gasteiger partial charge in [-0.15, -0.1) is 0 Å². The van der Waals surface area contributed by atoms with Crippen molar-refractivity contribution in [1.82, 2.24) is 9.78 Å². The van der Waals surface area contributed by atoms with Gasteiger partial charge in [-0.1, -0.05) is 18.5 Å². The molecule has 1 aromatic heterocycles. The predicted molar refractivity (Wildman–Crippen MR) is 57.5 cm³/mol. The zero-order valence-corrected chi connectivity index (χ0v) is 9.84. The normalized spacial score (nSPS) is 15.9. The molecule has 0 bridgehead atoms. The van der Waals surface area contributed by atoms with Gasteiger partial charge in [0.1, 0.15) is 5.60 Å². The number of hydrogen-bond donors (Lipinski definition) is 1. The van der Waals surface area contributed by atoms with Crippen LogP contribution in [-0.2, 0) is 5.60 Å². The van der Waals surface area contributed by atoms with E-state index in [0.717, 1.165) is 0 Å². The zero-order chi connectivity index (χ0) is 10.9. The van der Waals surface area contributed by atoms with E-state index >= 15 is 0 Å². The summed E-state index contributed by atoms with van der Waals surface area (Å²) in [5.41, 5.74) is -0.200. The first-order valence-corrected chi connectivity index (χ1v) is 5.23. The van der Waals surface area contributed by atoms with Crippen molar-refractivity contribution >= 4 is 11.6 Å². The van der Waals surface area contributed by atoms with Crippen molar-refractivity contribution in [3.8, 4) is 0 Å². The van der Waals surface area contributed by atoms with Crippen LogP contribution >= 0.6 is 11.6 Å². The van der Waals surface area contributed by atoms with Crippen LogP contribution in [0.5, 0.6) is 0 Å². The molecule has 3 nitrogen and oxygen atoms in total. The summed E-state index contributed by atoms with van der Waals surface area (Å²) in [6, 6.07) is 0.204. The fraction of sp³-hybridized carbons (Fsp3) is 0.700. The lowest BCUT2D eigenvalue weighted by molar-refractivity contribution is 0.0423. The van der Waals surface area contributed by atoms with Gasteiger partial charge in [0.25, 0.3) is 0 Å². The van der Waals surface area contributed by atoms with Gasteiger partial charge in [0.2, 0.25) is 0 Å². The Morgan fingerprint density at radius 1 is 1.64 bits per heavy atom. The van der Waals surface area contributed by atoms with E-state index in [9.17, 15) is 5.11 Å². The highest BCUT2D eigenvalue weighted by Crippen LogP contribution is 2.31. The Morgan fingerprint density at radius 3 is 2.64 bits per heavy atom. The number of aromatic nitrogens is 2. The van der Waals surface area contributed by atoms with Gasteiger partial charge in [-0.3, -0.25) is 4.68 Å². The molecule has 1 unspecified atom stereocenters. The van der Waals surface area contributed by atoms with Crippen molar-refractivity contribution in [2.75, 3.05) is 0 Å². The molecule has 14 heavy (non-hydrogen) atoms. The second kappa shape index (κ2) is 3.91. The number of rotatable bonds is 3. The molecule has 0 radical (unpaired) electrons. The van der Waals surface area contributed by atoms with E-state index in [0.29, 0.717) is 17.1 Å². The Morgan fingerprint density at radius 2 is 2.21 bits per heavy atom. The maximum absolute atomic E-state index is 10.1. The van der Waals surface area contributed by atoms with Crippen LogP contribution in [0.15, 0.2) is 6.20 Å². The molecule has 0 aliphatic rings. The summed E-state index contributed by atoms with van der Waals surface area (Å²) in [6.45, 7) is 7.71. The molecule has 0 saturated carbocycles. The molecule has 80 valence electrons. The molecular weight excluding hydrogens is 200 g/mol. The van der Waals surface area contributed by atoms with Gasteiger partial charge in [-0.25, -0.2) is 0 Å². The standard InChI is InChI=1S/C10H17ClN2O/c1-5-10(4,14)9-8(11)6-12-13(9)7(2)3/h6-7,14H,5H2,1-4H3. The number of hydrogen-bond acceptors (Lipinski definition) is 2. The molecule has 1 N–H and O–H groups in total. The van der Waals surface area contributed by atoms with E-state index in [4.69, 9.17) is 11.6 Å². The van der Waals surface area contributed by atoms with Crippen LogP contribution < -0.4 is 0 Å². The first kappa shape index (κ1) is 11.5. The first-order chi connectivity index (χ1) is 6.40.